The minimum Gasteiger partial charge on any atom is -0.465 e. The van der Waals surface area contributed by atoms with Gasteiger partial charge in [-0.2, -0.15) is 0 Å². The van der Waals surface area contributed by atoms with Gasteiger partial charge in [-0.25, -0.2) is 0 Å². The molecule has 4 nitrogen and oxygen atoms in total. The number of piperidine rings is 1. The van der Waals surface area contributed by atoms with Gasteiger partial charge >= 0.3 is 0 Å². The van der Waals surface area contributed by atoms with Crippen LogP contribution < -0.4 is 5.32 Å². The number of aryl methyl sites for hydroxylation is 1. The molecule has 1 amide bonds. The molecule has 0 bridgehead atoms. The normalized spacial score (nSPS) is 23.6. The van der Waals surface area contributed by atoms with Crippen LogP contribution in [-0.2, 0) is 11.3 Å². The average molecular weight is 264 g/mol. The maximum Gasteiger partial charge on any atom is 0.219 e. The number of furan rings is 1. The van der Waals surface area contributed by atoms with Crippen LogP contribution in [0.4, 0.5) is 0 Å². The third-order valence-electron chi connectivity index (χ3n) is 4.04. The molecule has 4 heteroatoms. The van der Waals surface area contributed by atoms with Crippen LogP contribution in [0.5, 0.6) is 0 Å². The molecule has 2 heterocycles. The molecule has 0 saturated carbocycles. The van der Waals surface area contributed by atoms with E-state index in [1.165, 1.54) is 0 Å². The lowest BCUT2D eigenvalue weighted by atomic mass is 9.90. The van der Waals surface area contributed by atoms with Gasteiger partial charge in [-0.1, -0.05) is 13.3 Å². The van der Waals surface area contributed by atoms with Crippen LogP contribution in [0.15, 0.2) is 16.5 Å². The Hall–Kier alpha value is -1.29. The second-order valence-corrected chi connectivity index (χ2v) is 5.42. The van der Waals surface area contributed by atoms with Crippen LogP contribution in [0, 0.1) is 12.8 Å². The SMILES string of the molecule is CCC1CN(C(C)=O)CCC1NCc1ccc(C)o1. The van der Waals surface area contributed by atoms with Crippen LogP contribution in [-0.4, -0.2) is 29.9 Å². The second kappa shape index (κ2) is 6.24. The third kappa shape index (κ3) is 3.60. The largest absolute Gasteiger partial charge is 0.465 e. The maximum atomic E-state index is 11.4. The number of carbonyl (C=O) groups is 1. The van der Waals surface area contributed by atoms with Crippen LogP contribution >= 0.6 is 0 Å². The molecule has 1 aliphatic rings. The molecule has 0 spiro atoms. The fourth-order valence-corrected chi connectivity index (χ4v) is 2.81. The molecule has 2 unspecified atom stereocenters. The van der Waals surface area contributed by atoms with Gasteiger partial charge in [-0.3, -0.25) is 4.79 Å². The molecule has 0 aromatic carbocycles. The molecule has 0 aliphatic carbocycles. The first kappa shape index (κ1) is 14.1. The molecule has 1 N–H and O–H groups in total. The van der Waals surface area contributed by atoms with Crippen LogP contribution in [0.3, 0.4) is 0 Å². The number of hydrogen-bond acceptors (Lipinski definition) is 3. The molecular weight excluding hydrogens is 240 g/mol. The number of amides is 1. The van der Waals surface area contributed by atoms with Crippen molar-refractivity contribution in [3.8, 4) is 0 Å². The zero-order valence-electron chi connectivity index (χ0n) is 12.1. The Kier molecular flexibility index (Phi) is 4.64. The van der Waals surface area contributed by atoms with Gasteiger partial charge in [0, 0.05) is 26.1 Å². The van der Waals surface area contributed by atoms with Crippen molar-refractivity contribution < 1.29 is 9.21 Å². The molecule has 1 fully saturated rings. The highest BCUT2D eigenvalue weighted by Crippen LogP contribution is 2.21. The number of nitrogens with one attached hydrogen (secondary N) is 1. The summed E-state index contributed by atoms with van der Waals surface area (Å²) >= 11 is 0. The molecule has 1 aromatic rings. The lowest BCUT2D eigenvalue weighted by Gasteiger charge is -2.38. The van der Waals surface area contributed by atoms with E-state index in [9.17, 15) is 4.79 Å². The van der Waals surface area contributed by atoms with Crippen LogP contribution in [0.1, 0.15) is 38.2 Å². The fourth-order valence-electron chi connectivity index (χ4n) is 2.81. The van der Waals surface area contributed by atoms with E-state index in [4.69, 9.17) is 4.42 Å². The van der Waals surface area contributed by atoms with Crippen molar-refractivity contribution in [2.24, 2.45) is 5.92 Å². The van der Waals surface area contributed by atoms with Crippen molar-refractivity contribution in [1.29, 1.82) is 0 Å². The minimum atomic E-state index is 0.193. The van der Waals surface area contributed by atoms with E-state index in [0.29, 0.717) is 12.0 Å². The molecule has 1 aliphatic heterocycles. The second-order valence-electron chi connectivity index (χ2n) is 5.42. The standard InChI is InChI=1S/C15H24N2O2/c1-4-13-10-17(12(3)18)8-7-15(13)16-9-14-6-5-11(2)19-14/h5-6,13,15-16H,4,7-10H2,1-3H3. The number of hydrogen-bond donors (Lipinski definition) is 1. The molecular formula is C15H24N2O2. The maximum absolute atomic E-state index is 11.4. The predicted octanol–water partition coefficient (Wildman–Crippen LogP) is 2.32. The first-order chi connectivity index (χ1) is 9.10. The summed E-state index contributed by atoms with van der Waals surface area (Å²) in [7, 11) is 0. The summed E-state index contributed by atoms with van der Waals surface area (Å²) in [4.78, 5) is 13.4. The van der Waals surface area contributed by atoms with Crippen molar-refractivity contribution >= 4 is 5.91 Å². The van der Waals surface area contributed by atoms with Crippen LogP contribution in [0.2, 0.25) is 0 Å². The van der Waals surface area contributed by atoms with Crippen molar-refractivity contribution in [3.63, 3.8) is 0 Å². The van der Waals surface area contributed by atoms with Gasteiger partial charge in [0.15, 0.2) is 0 Å². The fraction of sp³-hybridized carbons (Fsp3) is 0.667. The smallest absolute Gasteiger partial charge is 0.219 e. The average Bonchev–Trinajstić information content (AvgIpc) is 2.81. The van der Waals surface area contributed by atoms with E-state index in [0.717, 1.165) is 44.0 Å². The summed E-state index contributed by atoms with van der Waals surface area (Å²) in [6.07, 6.45) is 2.12. The quantitative estimate of drug-likeness (QED) is 0.907. The van der Waals surface area contributed by atoms with Gasteiger partial charge in [-0.05, 0) is 31.4 Å². The molecule has 106 valence electrons. The summed E-state index contributed by atoms with van der Waals surface area (Å²) in [6, 6.07) is 4.49. The molecule has 19 heavy (non-hydrogen) atoms. The summed E-state index contributed by atoms with van der Waals surface area (Å²) in [5, 5.41) is 3.58. The highest BCUT2D eigenvalue weighted by atomic mass is 16.3. The monoisotopic (exact) mass is 264 g/mol. The lowest BCUT2D eigenvalue weighted by Crippen LogP contribution is -2.50. The zero-order chi connectivity index (χ0) is 13.8. The Balaban J connectivity index is 1.87. The van der Waals surface area contributed by atoms with E-state index in [1.807, 2.05) is 24.0 Å². The van der Waals surface area contributed by atoms with E-state index in [1.54, 1.807) is 6.92 Å². The predicted molar refractivity (Wildman–Crippen MR) is 74.7 cm³/mol. The van der Waals surface area contributed by atoms with E-state index in [2.05, 4.69) is 12.2 Å². The molecule has 2 rings (SSSR count). The highest BCUT2D eigenvalue weighted by Gasteiger charge is 2.28. The van der Waals surface area contributed by atoms with E-state index < -0.39 is 0 Å². The van der Waals surface area contributed by atoms with E-state index >= 15 is 0 Å². The van der Waals surface area contributed by atoms with Crippen molar-refractivity contribution in [2.75, 3.05) is 13.1 Å². The van der Waals surface area contributed by atoms with Crippen molar-refractivity contribution in [2.45, 2.75) is 46.2 Å². The summed E-state index contributed by atoms with van der Waals surface area (Å²) < 4.78 is 5.58. The summed E-state index contributed by atoms with van der Waals surface area (Å²) in [5.74, 6) is 2.67. The van der Waals surface area contributed by atoms with Gasteiger partial charge in [0.2, 0.25) is 5.91 Å². The third-order valence-corrected chi connectivity index (χ3v) is 4.04. The molecule has 1 saturated heterocycles. The first-order valence-electron chi connectivity index (χ1n) is 7.14. The van der Waals surface area contributed by atoms with Gasteiger partial charge in [0.1, 0.15) is 11.5 Å². The Morgan fingerprint density at radius 3 is 2.89 bits per heavy atom. The lowest BCUT2D eigenvalue weighted by molar-refractivity contribution is -0.131. The highest BCUT2D eigenvalue weighted by molar-refractivity contribution is 5.73. The number of nitrogens with zero attached hydrogens (tertiary/aromatic N) is 1. The molecule has 1 aromatic heterocycles. The topological polar surface area (TPSA) is 45.5 Å². The minimum absolute atomic E-state index is 0.193. The van der Waals surface area contributed by atoms with Gasteiger partial charge < -0.3 is 14.6 Å². The van der Waals surface area contributed by atoms with Crippen LogP contribution in [0.25, 0.3) is 0 Å². The van der Waals surface area contributed by atoms with E-state index in [-0.39, 0.29) is 5.91 Å². The van der Waals surface area contributed by atoms with Gasteiger partial charge in [0.05, 0.1) is 6.54 Å². The number of carbonyl (C=O) groups excluding carboxylic acids is 1. The van der Waals surface area contributed by atoms with Gasteiger partial charge in [0.25, 0.3) is 0 Å². The Bertz CT molecular complexity index is 428. The molecule has 0 radical (unpaired) electrons. The van der Waals surface area contributed by atoms with Crippen molar-refractivity contribution in [3.05, 3.63) is 23.7 Å². The number of likely N-dealkylation sites (tertiary alicyclic amines) is 1. The zero-order valence-corrected chi connectivity index (χ0v) is 12.1. The van der Waals surface area contributed by atoms with Crippen molar-refractivity contribution in [1.82, 2.24) is 10.2 Å². The van der Waals surface area contributed by atoms with Gasteiger partial charge in [-0.15, -0.1) is 0 Å². The summed E-state index contributed by atoms with van der Waals surface area (Å²) in [6.45, 7) is 8.33. The first-order valence-corrected chi connectivity index (χ1v) is 7.14. The molecule has 2 atom stereocenters. The Labute approximate surface area is 115 Å². The Morgan fingerprint density at radius 1 is 1.53 bits per heavy atom. The summed E-state index contributed by atoms with van der Waals surface area (Å²) in [5.41, 5.74) is 0. The Morgan fingerprint density at radius 2 is 2.32 bits per heavy atom. The number of rotatable bonds is 4.